The summed E-state index contributed by atoms with van der Waals surface area (Å²) in [6.45, 7) is 0. The lowest BCUT2D eigenvalue weighted by molar-refractivity contribution is -0.384. The minimum absolute atomic E-state index is 0.000685. The van der Waals surface area contributed by atoms with Gasteiger partial charge < -0.3 is 10.5 Å². The minimum Gasteiger partial charge on any atom is -0.438 e. The molecule has 0 saturated heterocycles. The fraction of sp³-hybridized carbons (Fsp3) is 0. The van der Waals surface area contributed by atoms with Crippen molar-refractivity contribution in [1.82, 2.24) is 10.2 Å². The number of aromatic nitrogens is 2. The number of hydrogen-bond acceptors (Lipinski definition) is 6. The zero-order valence-electron chi connectivity index (χ0n) is 8.61. The lowest BCUT2D eigenvalue weighted by Gasteiger charge is -2.03. The molecule has 2 N–H and O–H groups in total. The van der Waals surface area contributed by atoms with Crippen LogP contribution in [0.3, 0.4) is 0 Å². The Morgan fingerprint density at radius 2 is 1.82 bits per heavy atom. The molecule has 0 unspecified atom stereocenters. The summed E-state index contributed by atoms with van der Waals surface area (Å²) in [4.78, 5) is 9.96. The van der Waals surface area contributed by atoms with E-state index in [1.807, 2.05) is 0 Å². The summed E-state index contributed by atoms with van der Waals surface area (Å²) in [6, 6.07) is 8.77. The second kappa shape index (κ2) is 4.44. The minimum atomic E-state index is -0.479. The first-order valence-electron chi connectivity index (χ1n) is 4.66. The van der Waals surface area contributed by atoms with Crippen molar-refractivity contribution in [2.45, 2.75) is 0 Å². The molecule has 1 aromatic heterocycles. The summed E-state index contributed by atoms with van der Waals surface area (Å²) < 4.78 is 5.32. The summed E-state index contributed by atoms with van der Waals surface area (Å²) in [5.41, 5.74) is 5.37. The monoisotopic (exact) mass is 232 g/mol. The molecule has 0 fully saturated rings. The number of benzene rings is 1. The molecule has 0 bridgehead atoms. The smallest absolute Gasteiger partial charge is 0.269 e. The topological polar surface area (TPSA) is 104 Å². The highest BCUT2D eigenvalue weighted by Crippen LogP contribution is 2.21. The lowest BCUT2D eigenvalue weighted by Crippen LogP contribution is -1.95. The normalized spacial score (nSPS) is 9.88. The Labute approximate surface area is 96.0 Å². The second-order valence-corrected chi connectivity index (χ2v) is 3.15. The largest absolute Gasteiger partial charge is 0.438 e. The Morgan fingerprint density at radius 1 is 1.12 bits per heavy atom. The average Bonchev–Trinajstić information content (AvgIpc) is 2.33. The van der Waals surface area contributed by atoms with E-state index in [4.69, 9.17) is 10.5 Å². The van der Waals surface area contributed by atoms with Crippen molar-refractivity contribution in [1.29, 1.82) is 0 Å². The number of nitrogen functional groups attached to an aromatic ring is 1. The van der Waals surface area contributed by atoms with E-state index in [1.165, 1.54) is 24.3 Å². The number of ether oxygens (including phenoxy) is 1. The highest BCUT2D eigenvalue weighted by Gasteiger charge is 2.05. The van der Waals surface area contributed by atoms with Crippen molar-refractivity contribution >= 4 is 11.5 Å². The van der Waals surface area contributed by atoms with Crippen molar-refractivity contribution in [3.63, 3.8) is 0 Å². The summed E-state index contributed by atoms with van der Waals surface area (Å²) in [5, 5.41) is 17.8. The fourth-order valence-corrected chi connectivity index (χ4v) is 1.14. The van der Waals surface area contributed by atoms with Crippen LogP contribution in [0.25, 0.3) is 0 Å². The molecule has 7 nitrogen and oxygen atoms in total. The number of rotatable bonds is 3. The summed E-state index contributed by atoms with van der Waals surface area (Å²) in [5.74, 6) is 1.00. The Hall–Kier alpha value is -2.70. The number of nitro benzene ring substituents is 1. The van der Waals surface area contributed by atoms with Crippen molar-refractivity contribution in [2.24, 2.45) is 0 Å². The number of nitro groups is 1. The number of non-ortho nitro benzene ring substituents is 1. The van der Waals surface area contributed by atoms with Gasteiger partial charge in [-0.05, 0) is 18.2 Å². The molecular weight excluding hydrogens is 224 g/mol. The van der Waals surface area contributed by atoms with Gasteiger partial charge in [-0.2, -0.15) is 0 Å². The zero-order valence-corrected chi connectivity index (χ0v) is 8.61. The number of nitrogens with zero attached hydrogens (tertiary/aromatic N) is 3. The Bertz CT molecular complexity index is 524. The highest BCUT2D eigenvalue weighted by molar-refractivity contribution is 5.38. The summed E-state index contributed by atoms with van der Waals surface area (Å²) >= 11 is 0. The van der Waals surface area contributed by atoms with Crippen molar-refractivity contribution in [3.8, 4) is 11.6 Å². The van der Waals surface area contributed by atoms with E-state index in [1.54, 1.807) is 12.1 Å². The standard InChI is InChI=1S/C10H8N4O3/c11-9-5-6-10(13-12-9)17-8-3-1-7(2-4-8)14(15)16/h1-6H,(H2,11,12). The van der Waals surface area contributed by atoms with Gasteiger partial charge in [-0.25, -0.2) is 0 Å². The van der Waals surface area contributed by atoms with Crippen LogP contribution in [-0.2, 0) is 0 Å². The summed E-state index contributed by atoms with van der Waals surface area (Å²) in [6.07, 6.45) is 0. The molecule has 0 radical (unpaired) electrons. The van der Waals surface area contributed by atoms with Crippen molar-refractivity contribution in [2.75, 3.05) is 5.73 Å². The van der Waals surface area contributed by atoms with Crippen LogP contribution in [0.1, 0.15) is 0 Å². The second-order valence-electron chi connectivity index (χ2n) is 3.15. The Kier molecular flexibility index (Phi) is 2.82. The third kappa shape index (κ3) is 2.65. The van der Waals surface area contributed by atoms with Crippen LogP contribution in [0.5, 0.6) is 11.6 Å². The van der Waals surface area contributed by atoms with Gasteiger partial charge in [0.15, 0.2) is 0 Å². The molecule has 0 amide bonds. The number of hydrogen-bond donors (Lipinski definition) is 1. The molecule has 0 saturated carbocycles. The van der Waals surface area contributed by atoms with Gasteiger partial charge >= 0.3 is 0 Å². The van der Waals surface area contributed by atoms with E-state index in [9.17, 15) is 10.1 Å². The molecule has 1 heterocycles. The van der Waals surface area contributed by atoms with E-state index in [0.29, 0.717) is 11.6 Å². The third-order valence-corrected chi connectivity index (χ3v) is 1.93. The van der Waals surface area contributed by atoms with Gasteiger partial charge in [0.2, 0.25) is 5.88 Å². The van der Waals surface area contributed by atoms with Gasteiger partial charge in [-0.15, -0.1) is 10.2 Å². The molecule has 7 heteroatoms. The third-order valence-electron chi connectivity index (χ3n) is 1.93. The van der Waals surface area contributed by atoms with E-state index in [-0.39, 0.29) is 11.6 Å². The van der Waals surface area contributed by atoms with Crippen molar-refractivity contribution < 1.29 is 9.66 Å². The summed E-state index contributed by atoms with van der Waals surface area (Å²) in [7, 11) is 0. The maximum absolute atomic E-state index is 10.4. The van der Waals surface area contributed by atoms with E-state index in [0.717, 1.165) is 0 Å². The molecule has 17 heavy (non-hydrogen) atoms. The molecular formula is C10H8N4O3. The highest BCUT2D eigenvalue weighted by atomic mass is 16.6. The van der Waals surface area contributed by atoms with Crippen LogP contribution in [-0.4, -0.2) is 15.1 Å². The maximum Gasteiger partial charge on any atom is 0.269 e. The molecule has 2 aromatic rings. The van der Waals surface area contributed by atoms with E-state index < -0.39 is 4.92 Å². The average molecular weight is 232 g/mol. The molecule has 0 spiro atoms. The van der Waals surface area contributed by atoms with Crippen LogP contribution in [0, 0.1) is 10.1 Å². The first kappa shape index (κ1) is 10.8. The van der Waals surface area contributed by atoms with Gasteiger partial charge in [-0.3, -0.25) is 10.1 Å². The van der Waals surface area contributed by atoms with Gasteiger partial charge in [0.05, 0.1) is 4.92 Å². The van der Waals surface area contributed by atoms with Crippen molar-refractivity contribution in [3.05, 3.63) is 46.5 Å². The molecule has 0 aliphatic heterocycles. The van der Waals surface area contributed by atoms with Crippen LogP contribution in [0.15, 0.2) is 36.4 Å². The Balaban J connectivity index is 2.13. The fourth-order valence-electron chi connectivity index (χ4n) is 1.14. The van der Waals surface area contributed by atoms with Crippen LogP contribution in [0.2, 0.25) is 0 Å². The SMILES string of the molecule is Nc1ccc(Oc2ccc([N+](=O)[O-])cc2)nn1. The lowest BCUT2D eigenvalue weighted by atomic mass is 10.3. The molecule has 0 atom stereocenters. The molecule has 86 valence electrons. The predicted octanol–water partition coefficient (Wildman–Crippen LogP) is 1.76. The first-order chi connectivity index (χ1) is 8.15. The molecule has 0 aliphatic carbocycles. The number of nitrogens with two attached hydrogens (primary N) is 1. The predicted molar refractivity (Wildman–Crippen MR) is 59.6 cm³/mol. The van der Waals surface area contributed by atoms with Gasteiger partial charge in [0.25, 0.3) is 5.69 Å². The van der Waals surface area contributed by atoms with Gasteiger partial charge in [-0.1, -0.05) is 0 Å². The van der Waals surface area contributed by atoms with Crippen LogP contribution >= 0.6 is 0 Å². The van der Waals surface area contributed by atoms with Crippen LogP contribution < -0.4 is 10.5 Å². The number of anilines is 1. The van der Waals surface area contributed by atoms with E-state index in [2.05, 4.69) is 10.2 Å². The Morgan fingerprint density at radius 3 is 2.35 bits per heavy atom. The zero-order chi connectivity index (χ0) is 12.3. The molecule has 0 aliphatic rings. The van der Waals surface area contributed by atoms with Gasteiger partial charge in [0.1, 0.15) is 11.6 Å². The quantitative estimate of drug-likeness (QED) is 0.638. The maximum atomic E-state index is 10.4. The van der Waals surface area contributed by atoms with E-state index >= 15 is 0 Å². The first-order valence-corrected chi connectivity index (χ1v) is 4.66. The molecule has 2 rings (SSSR count). The van der Waals surface area contributed by atoms with Crippen LogP contribution in [0.4, 0.5) is 11.5 Å². The van der Waals surface area contributed by atoms with Gasteiger partial charge in [0, 0.05) is 18.2 Å². The molecule has 1 aromatic carbocycles.